The Labute approximate surface area is 107 Å². The van der Waals surface area contributed by atoms with Crippen LogP contribution >= 0.6 is 0 Å². The number of methoxy groups -OCH3 is 2. The first-order valence-electron chi connectivity index (χ1n) is 5.86. The number of hydroxylamine groups is 2. The molecule has 6 heteroatoms. The largest absolute Gasteiger partial charge is 0.367 e. The normalized spacial score (nSPS) is 20.8. The minimum Gasteiger partial charge on any atom is -0.367 e. The molecule has 1 aliphatic heterocycles. The number of hydrogen-bond acceptors (Lipinski definition) is 6. The van der Waals surface area contributed by atoms with E-state index in [-0.39, 0.29) is 18.3 Å². The van der Waals surface area contributed by atoms with Gasteiger partial charge in [-0.25, -0.2) is 4.79 Å². The first-order chi connectivity index (χ1) is 8.25. The van der Waals surface area contributed by atoms with E-state index in [0.29, 0.717) is 13.0 Å². The van der Waals surface area contributed by atoms with Crippen molar-refractivity contribution < 1.29 is 23.9 Å². The van der Waals surface area contributed by atoms with Gasteiger partial charge in [-0.05, 0) is 20.8 Å². The van der Waals surface area contributed by atoms with E-state index in [2.05, 4.69) is 0 Å². The Morgan fingerprint density at radius 2 is 1.83 bits per heavy atom. The molecule has 0 N–H and O–H groups in total. The van der Waals surface area contributed by atoms with Crippen molar-refractivity contribution in [3.05, 3.63) is 0 Å². The van der Waals surface area contributed by atoms with Crippen LogP contribution in [0.5, 0.6) is 0 Å². The Bertz CT molecular complexity index is 330. The van der Waals surface area contributed by atoms with Crippen LogP contribution in [-0.4, -0.2) is 49.9 Å². The molecule has 0 atom stereocenters. The second-order valence-electron chi connectivity index (χ2n) is 5.33. The highest BCUT2D eigenvalue weighted by atomic mass is 16.7. The quantitative estimate of drug-likeness (QED) is 0.697. The van der Waals surface area contributed by atoms with Crippen LogP contribution in [0.1, 0.15) is 27.2 Å². The highest BCUT2D eigenvalue weighted by molar-refractivity contribution is 5.88. The molecule has 0 aromatic rings. The van der Waals surface area contributed by atoms with Gasteiger partial charge in [0.25, 0.3) is 0 Å². The van der Waals surface area contributed by atoms with E-state index < -0.39 is 11.2 Å². The molecule has 0 aliphatic carbocycles. The standard InChI is InChI=1S/C12H21NO5/c1-11(2,3)10(15)18-13-7-6-12(16-4,17-5)9(14)8-13/h6-8H2,1-5H3. The van der Waals surface area contributed by atoms with E-state index in [0.717, 1.165) is 0 Å². The zero-order valence-electron chi connectivity index (χ0n) is 11.6. The Morgan fingerprint density at radius 1 is 1.28 bits per heavy atom. The number of carbonyl (C=O) groups excluding carboxylic acids is 2. The van der Waals surface area contributed by atoms with Crippen LogP contribution < -0.4 is 0 Å². The monoisotopic (exact) mass is 259 g/mol. The maximum atomic E-state index is 11.9. The van der Waals surface area contributed by atoms with E-state index in [4.69, 9.17) is 14.3 Å². The minimum atomic E-state index is -1.20. The van der Waals surface area contributed by atoms with Crippen molar-refractivity contribution in [3.8, 4) is 0 Å². The van der Waals surface area contributed by atoms with Gasteiger partial charge in [0.2, 0.25) is 11.6 Å². The second kappa shape index (κ2) is 5.34. The summed E-state index contributed by atoms with van der Waals surface area (Å²) in [6, 6.07) is 0. The number of hydrogen-bond donors (Lipinski definition) is 0. The lowest BCUT2D eigenvalue weighted by molar-refractivity contribution is -0.248. The molecule has 0 spiro atoms. The maximum absolute atomic E-state index is 11.9. The van der Waals surface area contributed by atoms with E-state index in [1.165, 1.54) is 19.3 Å². The van der Waals surface area contributed by atoms with Crippen molar-refractivity contribution in [2.24, 2.45) is 5.41 Å². The second-order valence-corrected chi connectivity index (χ2v) is 5.33. The molecule has 0 saturated carbocycles. The van der Waals surface area contributed by atoms with Crippen molar-refractivity contribution in [1.29, 1.82) is 0 Å². The van der Waals surface area contributed by atoms with Crippen molar-refractivity contribution in [2.45, 2.75) is 33.0 Å². The Morgan fingerprint density at radius 3 is 2.22 bits per heavy atom. The molecule has 0 aromatic carbocycles. The topological polar surface area (TPSA) is 65.1 Å². The summed E-state index contributed by atoms with van der Waals surface area (Å²) in [6.45, 7) is 5.65. The maximum Gasteiger partial charge on any atom is 0.330 e. The summed E-state index contributed by atoms with van der Waals surface area (Å²) in [4.78, 5) is 28.8. The molecule has 0 bridgehead atoms. The van der Waals surface area contributed by atoms with Gasteiger partial charge in [-0.3, -0.25) is 4.79 Å². The summed E-state index contributed by atoms with van der Waals surface area (Å²) in [5.74, 6) is -1.82. The number of carbonyl (C=O) groups is 2. The van der Waals surface area contributed by atoms with Gasteiger partial charge < -0.3 is 14.3 Å². The summed E-state index contributed by atoms with van der Waals surface area (Å²) in [5.41, 5.74) is -0.597. The Balaban J connectivity index is 2.62. The molecule has 1 aliphatic rings. The molecular formula is C12H21NO5. The summed E-state index contributed by atoms with van der Waals surface area (Å²) < 4.78 is 10.2. The van der Waals surface area contributed by atoms with Crippen LogP contribution in [0.2, 0.25) is 0 Å². The van der Waals surface area contributed by atoms with Crippen LogP contribution in [0.15, 0.2) is 0 Å². The fraction of sp³-hybridized carbons (Fsp3) is 0.833. The van der Waals surface area contributed by atoms with Crippen LogP contribution in [-0.2, 0) is 23.9 Å². The highest BCUT2D eigenvalue weighted by Crippen LogP contribution is 2.25. The fourth-order valence-electron chi connectivity index (χ4n) is 1.62. The molecule has 18 heavy (non-hydrogen) atoms. The lowest BCUT2D eigenvalue weighted by Crippen LogP contribution is -2.55. The third-order valence-electron chi connectivity index (χ3n) is 2.92. The van der Waals surface area contributed by atoms with Crippen molar-refractivity contribution in [1.82, 2.24) is 5.06 Å². The smallest absolute Gasteiger partial charge is 0.330 e. The molecule has 6 nitrogen and oxygen atoms in total. The van der Waals surface area contributed by atoms with Gasteiger partial charge in [0.1, 0.15) is 0 Å². The summed E-state index contributed by atoms with van der Waals surface area (Å²) in [7, 11) is 2.86. The molecule has 1 saturated heterocycles. The molecule has 1 rings (SSSR count). The van der Waals surface area contributed by atoms with Gasteiger partial charge in [-0.2, -0.15) is 0 Å². The highest BCUT2D eigenvalue weighted by Gasteiger charge is 2.44. The van der Waals surface area contributed by atoms with Crippen LogP contribution in [0.25, 0.3) is 0 Å². The number of ketones is 1. The van der Waals surface area contributed by atoms with Crippen LogP contribution in [0.3, 0.4) is 0 Å². The lowest BCUT2D eigenvalue weighted by Gasteiger charge is -2.37. The molecule has 0 aromatic heterocycles. The van der Waals surface area contributed by atoms with Gasteiger partial charge in [0.05, 0.1) is 12.0 Å². The number of Topliss-reactive ketones (excluding diaryl/α,β-unsaturated/α-hetero) is 1. The third kappa shape index (κ3) is 3.07. The van der Waals surface area contributed by atoms with Crippen molar-refractivity contribution >= 4 is 11.8 Å². The van der Waals surface area contributed by atoms with Gasteiger partial charge in [0.15, 0.2) is 0 Å². The van der Waals surface area contributed by atoms with Gasteiger partial charge in [-0.1, -0.05) is 0 Å². The molecule has 104 valence electrons. The van der Waals surface area contributed by atoms with Crippen LogP contribution in [0, 0.1) is 5.41 Å². The van der Waals surface area contributed by atoms with Gasteiger partial charge >= 0.3 is 5.97 Å². The number of rotatable bonds is 3. The van der Waals surface area contributed by atoms with Crippen molar-refractivity contribution in [2.75, 3.05) is 27.3 Å². The minimum absolute atomic E-state index is 0.0243. The lowest BCUT2D eigenvalue weighted by atomic mass is 9.97. The number of ether oxygens (including phenoxy) is 2. The molecule has 1 fully saturated rings. The van der Waals surface area contributed by atoms with Crippen molar-refractivity contribution in [3.63, 3.8) is 0 Å². The predicted molar refractivity (Wildman–Crippen MR) is 63.5 cm³/mol. The van der Waals surface area contributed by atoms with Gasteiger partial charge in [-0.15, -0.1) is 5.06 Å². The zero-order valence-corrected chi connectivity index (χ0v) is 11.6. The van der Waals surface area contributed by atoms with Crippen LogP contribution in [0.4, 0.5) is 0 Å². The van der Waals surface area contributed by atoms with E-state index >= 15 is 0 Å². The van der Waals surface area contributed by atoms with E-state index in [9.17, 15) is 9.59 Å². The molecule has 0 unspecified atom stereocenters. The fourth-order valence-corrected chi connectivity index (χ4v) is 1.62. The average Bonchev–Trinajstić information content (AvgIpc) is 2.29. The zero-order chi connectivity index (χ0) is 14.0. The first-order valence-corrected chi connectivity index (χ1v) is 5.86. The molecule has 0 amide bonds. The van der Waals surface area contributed by atoms with E-state index in [1.807, 2.05) is 0 Å². The Hall–Kier alpha value is -0.980. The average molecular weight is 259 g/mol. The third-order valence-corrected chi connectivity index (χ3v) is 2.92. The summed E-state index contributed by atoms with van der Waals surface area (Å²) >= 11 is 0. The number of nitrogens with zero attached hydrogens (tertiary/aromatic N) is 1. The molecule has 1 heterocycles. The predicted octanol–water partition coefficient (Wildman–Crippen LogP) is 0.755. The molecular weight excluding hydrogens is 238 g/mol. The summed E-state index contributed by atoms with van der Waals surface area (Å²) in [5, 5.41) is 1.35. The number of piperidine rings is 1. The summed E-state index contributed by atoms with van der Waals surface area (Å²) in [6.07, 6.45) is 0.330. The Kier molecular flexibility index (Phi) is 4.47. The SMILES string of the molecule is COC1(OC)CCN(OC(=O)C(C)(C)C)CC1=O. The van der Waals surface area contributed by atoms with E-state index in [1.54, 1.807) is 20.8 Å². The first kappa shape index (κ1) is 15.1. The molecule has 0 radical (unpaired) electrons. The van der Waals surface area contributed by atoms with Gasteiger partial charge in [0, 0.05) is 27.2 Å².